The highest BCUT2D eigenvalue weighted by atomic mass is 16.2. The zero-order valence-electron chi connectivity index (χ0n) is 17.3. The quantitative estimate of drug-likeness (QED) is 0.337. The Morgan fingerprint density at radius 1 is 0.704 bits per heavy atom. The average molecular weight is 375 g/mol. The third-order valence-corrected chi connectivity index (χ3v) is 4.82. The summed E-state index contributed by atoms with van der Waals surface area (Å²) in [5.74, 6) is -1.15. The van der Waals surface area contributed by atoms with Gasteiger partial charge in [0.15, 0.2) is 0 Å². The van der Waals surface area contributed by atoms with Gasteiger partial charge in [0.05, 0.1) is 0 Å². The van der Waals surface area contributed by atoms with Crippen LogP contribution in [0.3, 0.4) is 0 Å². The monoisotopic (exact) mass is 374 g/mol. The Morgan fingerprint density at radius 2 is 1.15 bits per heavy atom. The largest absolute Gasteiger partial charge is 0.355 e. The van der Waals surface area contributed by atoms with Crippen LogP contribution in [0.25, 0.3) is 0 Å². The van der Waals surface area contributed by atoms with Crippen molar-refractivity contribution in [3.8, 4) is 0 Å². The summed E-state index contributed by atoms with van der Waals surface area (Å²) in [6.45, 7) is 5.65. The molecule has 4 nitrogen and oxygen atoms in total. The van der Waals surface area contributed by atoms with E-state index in [9.17, 15) is 9.59 Å². The van der Waals surface area contributed by atoms with Crippen molar-refractivity contribution in [3.05, 3.63) is 35.9 Å². The molecule has 1 rings (SSSR count). The molecule has 0 aliphatic rings. The van der Waals surface area contributed by atoms with Crippen molar-refractivity contribution in [2.24, 2.45) is 0 Å². The molecule has 0 bridgehead atoms. The van der Waals surface area contributed by atoms with Crippen LogP contribution in [-0.2, 0) is 9.59 Å². The minimum atomic E-state index is -0.766. The Morgan fingerprint density at radius 3 is 1.59 bits per heavy atom. The second kappa shape index (κ2) is 15.2. The number of amides is 2. The molecule has 0 atom stereocenters. The lowest BCUT2D eigenvalue weighted by Crippen LogP contribution is -2.40. The number of carbonyl (C=O) groups is 2. The van der Waals surface area contributed by atoms with Crippen molar-refractivity contribution in [2.45, 2.75) is 84.0 Å². The number of hydrogen-bond donors (Lipinski definition) is 2. The fraction of sp³-hybridized carbons (Fsp3) is 0.652. The maximum absolute atomic E-state index is 12.7. The van der Waals surface area contributed by atoms with Gasteiger partial charge in [-0.1, -0.05) is 95.5 Å². The van der Waals surface area contributed by atoms with Crippen molar-refractivity contribution < 1.29 is 9.59 Å². The van der Waals surface area contributed by atoms with Gasteiger partial charge in [-0.2, -0.15) is 0 Å². The van der Waals surface area contributed by atoms with Crippen LogP contribution in [-0.4, -0.2) is 24.9 Å². The molecule has 152 valence electrons. The van der Waals surface area contributed by atoms with Gasteiger partial charge in [0, 0.05) is 13.1 Å². The lowest BCUT2D eigenvalue weighted by atomic mass is 9.97. The summed E-state index contributed by atoms with van der Waals surface area (Å²) in [5, 5.41) is 5.92. The molecule has 0 unspecified atom stereocenters. The Labute approximate surface area is 165 Å². The van der Waals surface area contributed by atoms with Gasteiger partial charge >= 0.3 is 0 Å². The molecule has 1 aromatic rings. The molecule has 0 radical (unpaired) electrons. The Bertz CT molecular complexity index is 488. The van der Waals surface area contributed by atoms with E-state index in [2.05, 4.69) is 24.5 Å². The molecule has 4 heteroatoms. The standard InChI is InChI=1S/C23H38N2O2/c1-3-5-7-9-14-18-24-22(26)21(20-16-12-11-13-17-20)23(27)25-19-15-10-8-6-4-2/h11-13,16-17,21H,3-10,14-15,18-19H2,1-2H3,(H,24,26)(H,25,27). The molecule has 2 amide bonds. The fourth-order valence-corrected chi connectivity index (χ4v) is 3.15. The molecule has 2 N–H and O–H groups in total. The first-order valence-electron chi connectivity index (χ1n) is 10.8. The fourth-order valence-electron chi connectivity index (χ4n) is 3.15. The maximum atomic E-state index is 12.7. The highest BCUT2D eigenvalue weighted by Crippen LogP contribution is 2.16. The van der Waals surface area contributed by atoms with Gasteiger partial charge in [-0.3, -0.25) is 9.59 Å². The van der Waals surface area contributed by atoms with E-state index >= 15 is 0 Å². The zero-order valence-corrected chi connectivity index (χ0v) is 17.3. The molecule has 1 aromatic carbocycles. The lowest BCUT2D eigenvalue weighted by Gasteiger charge is -2.17. The van der Waals surface area contributed by atoms with Gasteiger partial charge in [0.25, 0.3) is 0 Å². The predicted octanol–water partition coefficient (Wildman–Crippen LogP) is 4.94. The first kappa shape index (κ1) is 23.2. The molecule has 0 saturated carbocycles. The highest BCUT2D eigenvalue weighted by Gasteiger charge is 2.27. The van der Waals surface area contributed by atoms with E-state index in [-0.39, 0.29) is 11.8 Å². The van der Waals surface area contributed by atoms with E-state index in [1.165, 1.54) is 38.5 Å². The molecule has 0 saturated heterocycles. The molecule has 0 aromatic heterocycles. The second-order valence-electron chi connectivity index (χ2n) is 7.25. The Balaban J connectivity index is 2.50. The van der Waals surface area contributed by atoms with Crippen molar-refractivity contribution in [1.29, 1.82) is 0 Å². The summed E-state index contributed by atoms with van der Waals surface area (Å²) in [4.78, 5) is 25.4. The minimum absolute atomic E-state index is 0.194. The minimum Gasteiger partial charge on any atom is -0.355 e. The molecule has 0 heterocycles. The van der Waals surface area contributed by atoms with E-state index in [1.54, 1.807) is 0 Å². The van der Waals surface area contributed by atoms with Crippen LogP contribution in [0.5, 0.6) is 0 Å². The van der Waals surface area contributed by atoms with Gasteiger partial charge in [-0.25, -0.2) is 0 Å². The summed E-state index contributed by atoms with van der Waals surface area (Å²) in [6.07, 6.45) is 11.5. The SMILES string of the molecule is CCCCCCCNC(=O)C(C(=O)NCCCCCCC)c1ccccc1. The third-order valence-electron chi connectivity index (χ3n) is 4.82. The van der Waals surface area contributed by atoms with Crippen LogP contribution in [0.4, 0.5) is 0 Å². The second-order valence-corrected chi connectivity index (χ2v) is 7.25. The van der Waals surface area contributed by atoms with Crippen LogP contribution in [0.15, 0.2) is 30.3 Å². The Kier molecular flexibility index (Phi) is 13.1. The number of rotatable bonds is 15. The van der Waals surface area contributed by atoms with Gasteiger partial charge in [0.1, 0.15) is 5.92 Å². The van der Waals surface area contributed by atoms with Crippen LogP contribution < -0.4 is 10.6 Å². The van der Waals surface area contributed by atoms with Gasteiger partial charge in [-0.15, -0.1) is 0 Å². The molecule has 0 fully saturated rings. The van der Waals surface area contributed by atoms with Gasteiger partial charge in [-0.05, 0) is 18.4 Å². The number of hydrogen-bond acceptors (Lipinski definition) is 2. The van der Waals surface area contributed by atoms with Crippen molar-refractivity contribution in [1.82, 2.24) is 10.6 Å². The molecule has 0 spiro atoms. The molecular weight excluding hydrogens is 336 g/mol. The number of benzene rings is 1. The zero-order chi connectivity index (χ0) is 19.7. The summed E-state index contributed by atoms with van der Waals surface area (Å²) in [6, 6.07) is 9.35. The summed E-state index contributed by atoms with van der Waals surface area (Å²) < 4.78 is 0. The van der Waals surface area contributed by atoms with E-state index in [0.29, 0.717) is 13.1 Å². The highest BCUT2D eigenvalue weighted by molar-refractivity contribution is 6.05. The number of unbranched alkanes of at least 4 members (excludes halogenated alkanes) is 8. The lowest BCUT2D eigenvalue weighted by molar-refractivity contribution is -0.131. The average Bonchev–Trinajstić information content (AvgIpc) is 2.68. The van der Waals surface area contributed by atoms with Crippen molar-refractivity contribution in [2.75, 3.05) is 13.1 Å². The summed E-state index contributed by atoms with van der Waals surface area (Å²) in [5.41, 5.74) is 0.754. The summed E-state index contributed by atoms with van der Waals surface area (Å²) >= 11 is 0. The first-order chi connectivity index (χ1) is 13.2. The van der Waals surface area contributed by atoms with Crippen molar-refractivity contribution in [3.63, 3.8) is 0 Å². The molecule has 0 aliphatic heterocycles. The summed E-state index contributed by atoms with van der Waals surface area (Å²) in [7, 11) is 0. The van der Waals surface area contributed by atoms with Crippen LogP contribution in [0.2, 0.25) is 0 Å². The molecule has 27 heavy (non-hydrogen) atoms. The van der Waals surface area contributed by atoms with E-state index in [0.717, 1.165) is 31.2 Å². The smallest absolute Gasteiger partial charge is 0.237 e. The predicted molar refractivity (Wildman–Crippen MR) is 113 cm³/mol. The topological polar surface area (TPSA) is 58.2 Å². The van der Waals surface area contributed by atoms with Crippen LogP contribution in [0, 0.1) is 0 Å². The van der Waals surface area contributed by atoms with Crippen molar-refractivity contribution >= 4 is 11.8 Å². The molecular formula is C23H38N2O2. The first-order valence-corrected chi connectivity index (χ1v) is 10.8. The molecule has 0 aliphatic carbocycles. The maximum Gasteiger partial charge on any atom is 0.237 e. The van der Waals surface area contributed by atoms with E-state index in [1.807, 2.05) is 30.3 Å². The van der Waals surface area contributed by atoms with Gasteiger partial charge < -0.3 is 10.6 Å². The number of carbonyl (C=O) groups excluding carboxylic acids is 2. The van der Waals surface area contributed by atoms with E-state index < -0.39 is 5.92 Å². The normalized spacial score (nSPS) is 10.8. The third kappa shape index (κ3) is 10.2. The van der Waals surface area contributed by atoms with E-state index in [4.69, 9.17) is 0 Å². The van der Waals surface area contributed by atoms with Gasteiger partial charge in [0.2, 0.25) is 11.8 Å². The van der Waals surface area contributed by atoms with Crippen LogP contribution >= 0.6 is 0 Å². The number of nitrogens with one attached hydrogen (secondary N) is 2. The van der Waals surface area contributed by atoms with Crippen LogP contribution in [0.1, 0.15) is 89.5 Å². The Hall–Kier alpha value is -1.84.